The van der Waals surface area contributed by atoms with E-state index in [4.69, 9.17) is 33.0 Å². The van der Waals surface area contributed by atoms with Gasteiger partial charge >= 0.3 is 0 Å². The zero-order chi connectivity index (χ0) is 20.1. The number of hydrogen-bond acceptors (Lipinski definition) is 4. The lowest BCUT2D eigenvalue weighted by atomic mass is 9.98. The van der Waals surface area contributed by atoms with Gasteiger partial charge in [-0.3, -0.25) is 9.69 Å². The number of nitrogens with zero attached hydrogens (tertiary/aromatic N) is 1. The summed E-state index contributed by atoms with van der Waals surface area (Å²) in [5, 5.41) is 12.9. The summed E-state index contributed by atoms with van der Waals surface area (Å²) >= 11 is 11.9. The van der Waals surface area contributed by atoms with E-state index in [0.29, 0.717) is 16.7 Å². The molecule has 0 aromatic heterocycles. The predicted molar refractivity (Wildman–Crippen MR) is 111 cm³/mol. The highest BCUT2D eigenvalue weighted by Gasteiger charge is 2.32. The molecule has 1 fully saturated rings. The SMILES string of the molecule is C[C@H](CO)NC(=O)C1CN(Cc2ccc(OCc3ccc(Cl)c(Cl)c3)cc2)C1. The van der Waals surface area contributed by atoms with Crippen LogP contribution in [-0.2, 0) is 17.9 Å². The van der Waals surface area contributed by atoms with E-state index >= 15 is 0 Å². The van der Waals surface area contributed by atoms with Crippen LogP contribution in [0.1, 0.15) is 18.1 Å². The van der Waals surface area contributed by atoms with Gasteiger partial charge in [-0.15, -0.1) is 0 Å². The molecule has 1 amide bonds. The lowest BCUT2D eigenvalue weighted by Crippen LogP contribution is -2.54. The molecular formula is C21H24Cl2N2O3. The average Bonchev–Trinajstić information content (AvgIpc) is 2.66. The largest absolute Gasteiger partial charge is 0.489 e. The molecule has 0 aliphatic carbocycles. The highest BCUT2D eigenvalue weighted by molar-refractivity contribution is 6.42. The highest BCUT2D eigenvalue weighted by atomic mass is 35.5. The van der Waals surface area contributed by atoms with E-state index in [1.54, 1.807) is 19.1 Å². The number of likely N-dealkylation sites (tertiary alicyclic amines) is 1. The molecule has 7 heteroatoms. The monoisotopic (exact) mass is 422 g/mol. The van der Waals surface area contributed by atoms with Crippen LogP contribution in [0, 0.1) is 5.92 Å². The molecule has 2 aromatic carbocycles. The van der Waals surface area contributed by atoms with Crippen LogP contribution in [0.3, 0.4) is 0 Å². The van der Waals surface area contributed by atoms with Gasteiger partial charge in [0.15, 0.2) is 0 Å². The second-order valence-corrected chi connectivity index (χ2v) is 7.98. The van der Waals surface area contributed by atoms with Crippen LogP contribution < -0.4 is 10.1 Å². The van der Waals surface area contributed by atoms with E-state index in [1.165, 1.54) is 5.56 Å². The third kappa shape index (κ3) is 5.61. The van der Waals surface area contributed by atoms with Crippen LogP contribution in [0.15, 0.2) is 42.5 Å². The molecule has 3 rings (SSSR count). The molecule has 5 nitrogen and oxygen atoms in total. The molecule has 2 N–H and O–H groups in total. The van der Waals surface area contributed by atoms with E-state index in [1.807, 2.05) is 30.3 Å². The number of ether oxygens (including phenoxy) is 1. The number of halogens is 2. The fourth-order valence-corrected chi connectivity index (χ4v) is 3.34. The normalized spacial score (nSPS) is 15.7. The predicted octanol–water partition coefficient (Wildman–Crippen LogP) is 3.50. The van der Waals surface area contributed by atoms with Crippen molar-refractivity contribution in [3.63, 3.8) is 0 Å². The highest BCUT2D eigenvalue weighted by Crippen LogP contribution is 2.24. The molecule has 2 aromatic rings. The van der Waals surface area contributed by atoms with Gasteiger partial charge < -0.3 is 15.2 Å². The minimum absolute atomic E-state index is 0.00260. The van der Waals surface area contributed by atoms with Crippen LogP contribution in [0.2, 0.25) is 10.0 Å². The minimum Gasteiger partial charge on any atom is -0.489 e. The van der Waals surface area contributed by atoms with E-state index in [0.717, 1.165) is 30.9 Å². The molecule has 0 bridgehead atoms. The van der Waals surface area contributed by atoms with Crippen molar-refractivity contribution in [3.05, 3.63) is 63.6 Å². The molecule has 150 valence electrons. The fraction of sp³-hybridized carbons (Fsp3) is 0.381. The van der Waals surface area contributed by atoms with E-state index in [9.17, 15) is 4.79 Å². The van der Waals surface area contributed by atoms with Gasteiger partial charge in [-0.25, -0.2) is 0 Å². The van der Waals surface area contributed by atoms with Gasteiger partial charge in [-0.2, -0.15) is 0 Å². The Hall–Kier alpha value is -1.79. The molecule has 0 radical (unpaired) electrons. The number of benzene rings is 2. The topological polar surface area (TPSA) is 61.8 Å². The summed E-state index contributed by atoms with van der Waals surface area (Å²) < 4.78 is 5.79. The Labute approximate surface area is 175 Å². The molecule has 1 aliphatic heterocycles. The lowest BCUT2D eigenvalue weighted by molar-refractivity contribution is -0.131. The Morgan fingerprint density at radius 3 is 2.50 bits per heavy atom. The van der Waals surface area contributed by atoms with Crippen molar-refractivity contribution < 1.29 is 14.6 Å². The first-order valence-electron chi connectivity index (χ1n) is 9.24. The molecular weight excluding hydrogens is 399 g/mol. The zero-order valence-corrected chi connectivity index (χ0v) is 17.2. The maximum Gasteiger partial charge on any atom is 0.225 e. The Kier molecular flexibility index (Phi) is 7.18. The zero-order valence-electron chi connectivity index (χ0n) is 15.7. The lowest BCUT2D eigenvalue weighted by Gasteiger charge is -2.38. The fourth-order valence-electron chi connectivity index (χ4n) is 3.02. The standard InChI is InChI=1S/C21H24Cl2N2O3/c1-14(12-26)24-21(27)17-10-25(11-17)9-15-2-5-18(6-3-15)28-13-16-4-7-19(22)20(23)8-16/h2-8,14,17,26H,9-13H2,1H3,(H,24,27)/t14-/m1/s1. The van der Waals surface area contributed by atoms with E-state index in [2.05, 4.69) is 10.2 Å². The molecule has 1 aliphatic rings. The third-order valence-electron chi connectivity index (χ3n) is 4.71. The molecule has 1 atom stereocenters. The molecule has 1 heterocycles. The Balaban J connectivity index is 1.43. The van der Waals surface area contributed by atoms with Crippen molar-refractivity contribution in [1.82, 2.24) is 10.2 Å². The van der Waals surface area contributed by atoms with Crippen molar-refractivity contribution in [2.75, 3.05) is 19.7 Å². The van der Waals surface area contributed by atoms with Crippen LogP contribution in [0.25, 0.3) is 0 Å². The summed E-state index contributed by atoms with van der Waals surface area (Å²) in [5.41, 5.74) is 2.13. The molecule has 0 unspecified atom stereocenters. The Morgan fingerprint density at radius 2 is 1.86 bits per heavy atom. The van der Waals surface area contributed by atoms with Gasteiger partial charge in [0.25, 0.3) is 0 Å². The van der Waals surface area contributed by atoms with Crippen molar-refractivity contribution in [2.45, 2.75) is 26.1 Å². The molecule has 28 heavy (non-hydrogen) atoms. The summed E-state index contributed by atoms with van der Waals surface area (Å²) in [6, 6.07) is 13.2. The maximum atomic E-state index is 12.0. The Bertz CT molecular complexity index is 808. The minimum atomic E-state index is -0.196. The summed E-state index contributed by atoms with van der Waals surface area (Å²) in [5.74, 6) is 0.806. The van der Waals surface area contributed by atoms with Crippen LogP contribution in [-0.4, -0.2) is 41.7 Å². The van der Waals surface area contributed by atoms with Crippen molar-refractivity contribution in [2.24, 2.45) is 5.92 Å². The number of aliphatic hydroxyl groups excluding tert-OH is 1. The second kappa shape index (κ2) is 9.61. The number of carbonyl (C=O) groups excluding carboxylic acids is 1. The maximum absolute atomic E-state index is 12.0. The van der Waals surface area contributed by atoms with Crippen LogP contribution in [0.4, 0.5) is 0 Å². The number of rotatable bonds is 8. The Morgan fingerprint density at radius 1 is 1.18 bits per heavy atom. The first kappa shape index (κ1) is 20.9. The quantitative estimate of drug-likeness (QED) is 0.683. The van der Waals surface area contributed by atoms with Crippen LogP contribution in [0.5, 0.6) is 5.75 Å². The van der Waals surface area contributed by atoms with E-state index in [-0.39, 0.29) is 24.5 Å². The number of hydrogen-bond donors (Lipinski definition) is 2. The van der Waals surface area contributed by atoms with Crippen molar-refractivity contribution in [1.29, 1.82) is 0 Å². The van der Waals surface area contributed by atoms with Gasteiger partial charge in [-0.1, -0.05) is 41.4 Å². The van der Waals surface area contributed by atoms with Gasteiger partial charge in [0, 0.05) is 25.7 Å². The number of amides is 1. The van der Waals surface area contributed by atoms with Gasteiger partial charge in [0.2, 0.25) is 5.91 Å². The number of carbonyl (C=O) groups is 1. The summed E-state index contributed by atoms with van der Waals surface area (Å²) in [6.45, 7) is 4.44. The van der Waals surface area contributed by atoms with Crippen molar-refractivity contribution in [3.8, 4) is 5.75 Å². The first-order valence-corrected chi connectivity index (χ1v) is 9.99. The second-order valence-electron chi connectivity index (χ2n) is 7.16. The van der Waals surface area contributed by atoms with E-state index < -0.39 is 0 Å². The first-order chi connectivity index (χ1) is 13.4. The van der Waals surface area contributed by atoms with Gasteiger partial charge in [0.05, 0.1) is 22.6 Å². The smallest absolute Gasteiger partial charge is 0.225 e. The molecule has 1 saturated heterocycles. The number of aliphatic hydroxyl groups is 1. The number of nitrogens with one attached hydrogen (secondary N) is 1. The van der Waals surface area contributed by atoms with Crippen molar-refractivity contribution >= 4 is 29.1 Å². The summed E-state index contributed by atoms with van der Waals surface area (Å²) in [7, 11) is 0. The van der Waals surface area contributed by atoms with Gasteiger partial charge in [0.1, 0.15) is 12.4 Å². The molecule has 0 saturated carbocycles. The summed E-state index contributed by atoms with van der Waals surface area (Å²) in [6.07, 6.45) is 0. The average molecular weight is 423 g/mol. The van der Waals surface area contributed by atoms with Crippen LogP contribution >= 0.6 is 23.2 Å². The molecule has 0 spiro atoms. The third-order valence-corrected chi connectivity index (χ3v) is 5.45. The van der Waals surface area contributed by atoms with Gasteiger partial charge in [-0.05, 0) is 42.3 Å². The summed E-state index contributed by atoms with van der Waals surface area (Å²) in [4.78, 5) is 14.2.